The Labute approximate surface area is 123 Å². The van der Waals surface area contributed by atoms with E-state index in [1.54, 1.807) is 0 Å². The van der Waals surface area contributed by atoms with Crippen LogP contribution >= 0.6 is 0 Å². The SMILES string of the molecule is CCCNCc1ccc(N(C)CCOCC2CC2)cc1. The van der Waals surface area contributed by atoms with E-state index in [1.807, 2.05) is 0 Å². The standard InChI is InChI=1S/C17H28N2O/c1-3-10-18-13-15-6-8-17(9-7-15)19(2)11-12-20-14-16-4-5-16/h6-9,16,18H,3-5,10-14H2,1-2H3. The lowest BCUT2D eigenvalue weighted by Gasteiger charge is -2.19. The molecule has 1 aliphatic carbocycles. The van der Waals surface area contributed by atoms with Gasteiger partial charge in [0.1, 0.15) is 0 Å². The van der Waals surface area contributed by atoms with Gasteiger partial charge in [0.05, 0.1) is 6.61 Å². The smallest absolute Gasteiger partial charge is 0.0641 e. The molecule has 3 nitrogen and oxygen atoms in total. The Morgan fingerprint density at radius 1 is 1.25 bits per heavy atom. The van der Waals surface area contributed by atoms with Gasteiger partial charge in [0.2, 0.25) is 0 Å². The third-order valence-corrected chi connectivity index (χ3v) is 3.75. The molecule has 0 saturated heterocycles. The van der Waals surface area contributed by atoms with Crippen molar-refractivity contribution in [2.24, 2.45) is 5.92 Å². The fraction of sp³-hybridized carbons (Fsp3) is 0.647. The van der Waals surface area contributed by atoms with Gasteiger partial charge in [-0.1, -0.05) is 19.1 Å². The monoisotopic (exact) mass is 276 g/mol. The summed E-state index contributed by atoms with van der Waals surface area (Å²) in [6.45, 7) is 6.97. The van der Waals surface area contributed by atoms with E-state index in [-0.39, 0.29) is 0 Å². The zero-order valence-electron chi connectivity index (χ0n) is 12.9. The average molecular weight is 276 g/mol. The summed E-state index contributed by atoms with van der Waals surface area (Å²) < 4.78 is 5.69. The number of nitrogens with one attached hydrogen (secondary N) is 1. The molecule has 0 heterocycles. The van der Waals surface area contributed by atoms with E-state index in [1.165, 1.54) is 30.5 Å². The van der Waals surface area contributed by atoms with Crippen molar-refractivity contribution < 1.29 is 4.74 Å². The predicted octanol–water partition coefficient (Wildman–Crippen LogP) is 3.05. The molecule has 1 saturated carbocycles. The Kier molecular flexibility index (Phi) is 6.34. The minimum atomic E-state index is 0.826. The maximum absolute atomic E-state index is 5.69. The lowest BCUT2D eigenvalue weighted by molar-refractivity contribution is 0.131. The number of hydrogen-bond acceptors (Lipinski definition) is 3. The Morgan fingerprint density at radius 3 is 2.65 bits per heavy atom. The molecule has 0 aromatic heterocycles. The second-order valence-electron chi connectivity index (χ2n) is 5.78. The first kappa shape index (κ1) is 15.3. The highest BCUT2D eigenvalue weighted by molar-refractivity contribution is 5.46. The van der Waals surface area contributed by atoms with Gasteiger partial charge in [-0.25, -0.2) is 0 Å². The number of likely N-dealkylation sites (N-methyl/N-ethyl adjacent to an activating group) is 1. The number of rotatable bonds is 10. The molecule has 2 rings (SSSR count). The molecule has 1 fully saturated rings. The Hall–Kier alpha value is -1.06. The van der Waals surface area contributed by atoms with Crippen LogP contribution in [0, 0.1) is 5.92 Å². The van der Waals surface area contributed by atoms with Gasteiger partial charge < -0.3 is 15.0 Å². The summed E-state index contributed by atoms with van der Waals surface area (Å²) in [7, 11) is 2.13. The van der Waals surface area contributed by atoms with Crippen molar-refractivity contribution in [3.8, 4) is 0 Å². The summed E-state index contributed by atoms with van der Waals surface area (Å²) in [6.07, 6.45) is 3.91. The van der Waals surface area contributed by atoms with Crippen molar-refractivity contribution in [1.29, 1.82) is 0 Å². The van der Waals surface area contributed by atoms with E-state index in [0.29, 0.717) is 0 Å². The number of benzene rings is 1. The Balaban J connectivity index is 1.67. The summed E-state index contributed by atoms with van der Waals surface area (Å²) in [5.41, 5.74) is 2.61. The zero-order valence-corrected chi connectivity index (χ0v) is 12.9. The summed E-state index contributed by atoms with van der Waals surface area (Å²) in [6, 6.07) is 8.81. The summed E-state index contributed by atoms with van der Waals surface area (Å²) in [5.74, 6) is 0.857. The van der Waals surface area contributed by atoms with Crippen molar-refractivity contribution in [3.05, 3.63) is 29.8 Å². The molecule has 0 unspecified atom stereocenters. The Bertz CT molecular complexity index is 373. The second-order valence-corrected chi connectivity index (χ2v) is 5.78. The minimum Gasteiger partial charge on any atom is -0.379 e. The molecule has 20 heavy (non-hydrogen) atoms. The van der Waals surface area contributed by atoms with Crippen LogP contribution in [-0.4, -0.2) is 33.4 Å². The number of anilines is 1. The lowest BCUT2D eigenvalue weighted by atomic mass is 10.2. The molecule has 1 aromatic carbocycles. The first-order chi connectivity index (χ1) is 9.79. The fourth-order valence-electron chi connectivity index (χ4n) is 2.14. The van der Waals surface area contributed by atoms with Crippen molar-refractivity contribution >= 4 is 5.69 Å². The van der Waals surface area contributed by atoms with Crippen LogP contribution in [0.4, 0.5) is 5.69 Å². The van der Waals surface area contributed by atoms with Gasteiger partial charge in [0.15, 0.2) is 0 Å². The molecular weight excluding hydrogens is 248 g/mol. The highest BCUT2D eigenvalue weighted by Gasteiger charge is 2.20. The Morgan fingerprint density at radius 2 is 2.00 bits per heavy atom. The molecule has 0 bridgehead atoms. The predicted molar refractivity (Wildman–Crippen MR) is 85.3 cm³/mol. The van der Waals surface area contributed by atoms with Crippen LogP contribution in [0.3, 0.4) is 0 Å². The van der Waals surface area contributed by atoms with Crippen molar-refractivity contribution in [1.82, 2.24) is 5.32 Å². The van der Waals surface area contributed by atoms with Gasteiger partial charge in [-0.15, -0.1) is 0 Å². The van der Waals surface area contributed by atoms with Gasteiger partial charge in [-0.3, -0.25) is 0 Å². The summed E-state index contributed by atoms with van der Waals surface area (Å²) in [4.78, 5) is 2.26. The van der Waals surface area contributed by atoms with Crippen molar-refractivity contribution in [2.75, 3.05) is 38.3 Å². The maximum atomic E-state index is 5.69. The highest BCUT2D eigenvalue weighted by Crippen LogP contribution is 2.28. The summed E-state index contributed by atoms with van der Waals surface area (Å²) >= 11 is 0. The molecule has 0 amide bonds. The topological polar surface area (TPSA) is 24.5 Å². The third-order valence-electron chi connectivity index (χ3n) is 3.75. The molecule has 0 spiro atoms. The second kappa shape index (κ2) is 8.28. The van der Waals surface area contributed by atoms with Crippen LogP contribution in [0.15, 0.2) is 24.3 Å². The molecule has 0 radical (unpaired) electrons. The minimum absolute atomic E-state index is 0.826. The largest absolute Gasteiger partial charge is 0.379 e. The van der Waals surface area contributed by atoms with Gasteiger partial charge in [0.25, 0.3) is 0 Å². The molecule has 0 atom stereocenters. The fourth-order valence-corrected chi connectivity index (χ4v) is 2.14. The normalized spacial score (nSPS) is 14.5. The van der Waals surface area contributed by atoms with Crippen LogP contribution in [0.5, 0.6) is 0 Å². The van der Waals surface area contributed by atoms with Gasteiger partial charge in [0, 0.05) is 32.4 Å². The molecule has 1 N–H and O–H groups in total. The third kappa shape index (κ3) is 5.51. The van der Waals surface area contributed by atoms with E-state index < -0.39 is 0 Å². The lowest BCUT2D eigenvalue weighted by Crippen LogP contribution is -2.23. The highest BCUT2D eigenvalue weighted by atomic mass is 16.5. The van der Waals surface area contributed by atoms with Gasteiger partial charge in [-0.05, 0) is 49.4 Å². The quantitative estimate of drug-likeness (QED) is 0.665. The molecule has 1 aromatic rings. The van der Waals surface area contributed by atoms with Crippen molar-refractivity contribution in [2.45, 2.75) is 32.7 Å². The van der Waals surface area contributed by atoms with Gasteiger partial charge >= 0.3 is 0 Å². The van der Waals surface area contributed by atoms with Crippen molar-refractivity contribution in [3.63, 3.8) is 0 Å². The molecule has 1 aliphatic rings. The number of ether oxygens (including phenoxy) is 1. The molecule has 3 heteroatoms. The van der Waals surface area contributed by atoms with Crippen LogP contribution in [0.1, 0.15) is 31.7 Å². The van der Waals surface area contributed by atoms with E-state index in [9.17, 15) is 0 Å². The zero-order chi connectivity index (χ0) is 14.2. The summed E-state index contributed by atoms with van der Waals surface area (Å²) in [5, 5.41) is 3.42. The maximum Gasteiger partial charge on any atom is 0.0641 e. The molecule has 0 aliphatic heterocycles. The van der Waals surface area contributed by atoms with E-state index in [2.05, 4.69) is 48.5 Å². The number of hydrogen-bond donors (Lipinski definition) is 1. The van der Waals surface area contributed by atoms with Crippen LogP contribution < -0.4 is 10.2 Å². The van der Waals surface area contributed by atoms with E-state index >= 15 is 0 Å². The van der Waals surface area contributed by atoms with Crippen LogP contribution in [0.25, 0.3) is 0 Å². The van der Waals surface area contributed by atoms with E-state index in [4.69, 9.17) is 4.74 Å². The first-order valence-electron chi connectivity index (χ1n) is 7.88. The molecule has 112 valence electrons. The van der Waals surface area contributed by atoms with Crippen LogP contribution in [-0.2, 0) is 11.3 Å². The first-order valence-corrected chi connectivity index (χ1v) is 7.88. The van der Waals surface area contributed by atoms with E-state index in [0.717, 1.165) is 38.8 Å². The number of nitrogens with zero attached hydrogens (tertiary/aromatic N) is 1. The average Bonchev–Trinajstić information content (AvgIpc) is 3.28. The van der Waals surface area contributed by atoms with Crippen LogP contribution in [0.2, 0.25) is 0 Å². The molecular formula is C17H28N2O. The van der Waals surface area contributed by atoms with Gasteiger partial charge in [-0.2, -0.15) is 0 Å².